The van der Waals surface area contributed by atoms with E-state index < -0.39 is 0 Å². The van der Waals surface area contributed by atoms with Gasteiger partial charge in [0, 0.05) is 34.8 Å². The second-order valence-electron chi connectivity index (χ2n) is 8.80. The highest BCUT2D eigenvalue weighted by Gasteiger charge is 2.17. The Morgan fingerprint density at radius 2 is 1.89 bits per heavy atom. The number of anilines is 3. The van der Waals surface area contributed by atoms with Gasteiger partial charge in [-0.2, -0.15) is 0 Å². The Hall–Kier alpha value is -4.00. The molecule has 0 radical (unpaired) electrons. The summed E-state index contributed by atoms with van der Waals surface area (Å²) in [6.07, 6.45) is 0. The van der Waals surface area contributed by atoms with E-state index in [9.17, 15) is 9.59 Å². The number of hydrogen-bond acceptors (Lipinski definition) is 9. The number of likely N-dealkylation sites (N-methyl/N-ethyl adjacent to an activating group) is 1. The number of thiazole rings is 2. The molecule has 10 nitrogen and oxygen atoms in total. The summed E-state index contributed by atoms with van der Waals surface area (Å²) in [6, 6.07) is 14.0. The topological polar surface area (TPSA) is 134 Å². The Balaban J connectivity index is 1.45. The summed E-state index contributed by atoms with van der Waals surface area (Å²) in [5.74, 6) is 0.672. The lowest BCUT2D eigenvalue weighted by atomic mass is 10.1. The van der Waals surface area contributed by atoms with E-state index in [4.69, 9.17) is 15.5 Å². The molecule has 198 valence electrons. The SMILES string of the molecule is COc1cccc(C(=O)Nc2cccc(-c3csc(-c4sc(NC(=O)NC(C)CN(C)C)nc4N)n3)c2)c1. The predicted molar refractivity (Wildman–Crippen MR) is 154 cm³/mol. The van der Waals surface area contributed by atoms with Crippen LogP contribution in [0.25, 0.3) is 21.1 Å². The molecular formula is C26H29N7O3S2. The van der Waals surface area contributed by atoms with Gasteiger partial charge in [-0.15, -0.1) is 11.3 Å². The van der Waals surface area contributed by atoms with Gasteiger partial charge < -0.3 is 26.0 Å². The molecule has 0 saturated heterocycles. The van der Waals surface area contributed by atoms with Crippen LogP contribution in [0.5, 0.6) is 5.75 Å². The number of nitrogens with zero attached hydrogens (tertiary/aromatic N) is 3. The molecule has 2 heterocycles. The molecule has 2 aromatic carbocycles. The number of nitrogens with two attached hydrogens (primary N) is 1. The molecule has 0 spiro atoms. The van der Waals surface area contributed by atoms with Crippen molar-refractivity contribution in [2.24, 2.45) is 0 Å². The smallest absolute Gasteiger partial charge is 0.321 e. The Morgan fingerprint density at radius 1 is 1.11 bits per heavy atom. The Kier molecular flexibility index (Phi) is 8.56. The quantitative estimate of drug-likeness (QED) is 0.234. The van der Waals surface area contributed by atoms with E-state index in [1.807, 2.05) is 55.6 Å². The maximum absolute atomic E-state index is 12.7. The molecule has 5 N–H and O–H groups in total. The van der Waals surface area contributed by atoms with E-state index in [0.29, 0.717) is 44.4 Å². The Bertz CT molecular complexity index is 1430. The molecule has 0 aliphatic heterocycles. The largest absolute Gasteiger partial charge is 0.497 e. The van der Waals surface area contributed by atoms with Gasteiger partial charge in [0.25, 0.3) is 5.91 Å². The van der Waals surface area contributed by atoms with Gasteiger partial charge in [-0.3, -0.25) is 10.1 Å². The molecular weight excluding hydrogens is 522 g/mol. The van der Waals surface area contributed by atoms with E-state index in [-0.39, 0.29) is 18.0 Å². The zero-order valence-corrected chi connectivity index (χ0v) is 23.1. The summed E-state index contributed by atoms with van der Waals surface area (Å²) in [5.41, 5.74) is 8.86. The van der Waals surface area contributed by atoms with Crippen LogP contribution in [0.15, 0.2) is 53.9 Å². The first-order valence-electron chi connectivity index (χ1n) is 11.7. The maximum Gasteiger partial charge on any atom is 0.321 e. The predicted octanol–water partition coefficient (Wildman–Crippen LogP) is 4.85. The highest BCUT2D eigenvalue weighted by Crippen LogP contribution is 2.38. The zero-order chi connectivity index (χ0) is 27.2. The van der Waals surface area contributed by atoms with Gasteiger partial charge >= 0.3 is 6.03 Å². The summed E-state index contributed by atoms with van der Waals surface area (Å²) in [4.78, 5) is 36.7. The normalized spacial score (nSPS) is 11.7. The lowest BCUT2D eigenvalue weighted by Crippen LogP contribution is -2.41. The number of nitrogen functional groups attached to an aromatic ring is 1. The van der Waals surface area contributed by atoms with Crippen molar-refractivity contribution in [1.82, 2.24) is 20.2 Å². The van der Waals surface area contributed by atoms with Gasteiger partial charge in [0.15, 0.2) is 5.13 Å². The van der Waals surface area contributed by atoms with Crippen molar-refractivity contribution in [2.75, 3.05) is 44.1 Å². The van der Waals surface area contributed by atoms with Gasteiger partial charge in [0.1, 0.15) is 21.5 Å². The number of nitrogens with one attached hydrogen (secondary N) is 3. The number of ether oxygens (including phenoxy) is 1. The third kappa shape index (κ3) is 6.85. The van der Waals surface area contributed by atoms with Gasteiger partial charge in [0.05, 0.1) is 12.8 Å². The van der Waals surface area contributed by atoms with E-state index in [1.54, 1.807) is 31.4 Å². The summed E-state index contributed by atoms with van der Waals surface area (Å²) < 4.78 is 5.20. The number of urea groups is 1. The van der Waals surface area contributed by atoms with Crippen LogP contribution in [0.2, 0.25) is 0 Å². The minimum Gasteiger partial charge on any atom is -0.497 e. The highest BCUT2D eigenvalue weighted by atomic mass is 32.1. The van der Waals surface area contributed by atoms with Crippen molar-refractivity contribution >= 4 is 51.2 Å². The van der Waals surface area contributed by atoms with Crippen LogP contribution >= 0.6 is 22.7 Å². The molecule has 4 rings (SSSR count). The third-order valence-electron chi connectivity index (χ3n) is 5.34. The van der Waals surface area contributed by atoms with Crippen LogP contribution in [-0.4, -0.2) is 60.6 Å². The van der Waals surface area contributed by atoms with Crippen molar-refractivity contribution in [2.45, 2.75) is 13.0 Å². The van der Waals surface area contributed by atoms with Crippen molar-refractivity contribution < 1.29 is 14.3 Å². The van der Waals surface area contributed by atoms with Gasteiger partial charge in [-0.1, -0.05) is 29.5 Å². The molecule has 38 heavy (non-hydrogen) atoms. The number of hydrogen-bond donors (Lipinski definition) is 4. The fraction of sp³-hybridized carbons (Fsp3) is 0.231. The molecule has 1 atom stereocenters. The number of carbonyl (C=O) groups excluding carboxylic acids is 2. The average Bonchev–Trinajstić information content (AvgIpc) is 3.50. The molecule has 1 unspecified atom stereocenters. The molecule has 0 saturated carbocycles. The summed E-state index contributed by atoms with van der Waals surface area (Å²) >= 11 is 2.69. The number of amides is 3. The first kappa shape index (κ1) is 27.0. The van der Waals surface area contributed by atoms with Gasteiger partial charge in [-0.05, 0) is 51.4 Å². The minimum absolute atomic E-state index is 0.0284. The third-order valence-corrected chi connectivity index (χ3v) is 7.32. The van der Waals surface area contributed by atoms with Crippen molar-refractivity contribution in [3.05, 3.63) is 59.5 Å². The molecule has 12 heteroatoms. The lowest BCUT2D eigenvalue weighted by molar-refractivity contribution is 0.102. The number of aromatic nitrogens is 2. The van der Waals surface area contributed by atoms with Crippen LogP contribution in [0, 0.1) is 0 Å². The van der Waals surface area contributed by atoms with Crippen LogP contribution < -0.4 is 26.4 Å². The maximum atomic E-state index is 12.7. The monoisotopic (exact) mass is 551 g/mol. The van der Waals surface area contributed by atoms with Crippen LogP contribution in [0.3, 0.4) is 0 Å². The van der Waals surface area contributed by atoms with Gasteiger partial charge in [-0.25, -0.2) is 14.8 Å². The number of carbonyl (C=O) groups is 2. The number of methoxy groups -OCH3 is 1. The molecule has 0 aliphatic rings. The second-order valence-corrected chi connectivity index (χ2v) is 10.7. The van der Waals surface area contributed by atoms with Gasteiger partial charge in [0.2, 0.25) is 0 Å². The molecule has 2 aromatic heterocycles. The highest BCUT2D eigenvalue weighted by molar-refractivity contribution is 7.23. The fourth-order valence-corrected chi connectivity index (χ4v) is 5.53. The molecule has 3 amide bonds. The molecule has 0 fully saturated rings. The Morgan fingerprint density at radius 3 is 2.66 bits per heavy atom. The standard InChI is InChI=1S/C26H29N7O3S2/c1-15(13-33(2)3)28-25(35)32-26-31-22(27)21(38-26)24-30-20(14-37-24)16-7-5-9-18(11-16)29-23(34)17-8-6-10-19(12-17)36-4/h5-12,14-15H,13,27H2,1-4H3,(H,29,34)(H2,28,31,32,35). The van der Waals surface area contributed by atoms with Crippen LogP contribution in [-0.2, 0) is 0 Å². The van der Waals surface area contributed by atoms with E-state index in [1.165, 1.54) is 22.7 Å². The van der Waals surface area contributed by atoms with Crippen molar-refractivity contribution in [1.29, 1.82) is 0 Å². The molecule has 4 aromatic rings. The molecule has 0 bridgehead atoms. The van der Waals surface area contributed by atoms with E-state index in [0.717, 1.165) is 11.3 Å². The van der Waals surface area contributed by atoms with Crippen molar-refractivity contribution in [3.63, 3.8) is 0 Å². The van der Waals surface area contributed by atoms with Crippen molar-refractivity contribution in [3.8, 4) is 26.9 Å². The number of benzene rings is 2. The number of rotatable bonds is 9. The first-order chi connectivity index (χ1) is 18.2. The Labute approximate surface area is 228 Å². The average molecular weight is 552 g/mol. The molecule has 0 aliphatic carbocycles. The fourth-order valence-electron chi connectivity index (χ4n) is 3.72. The van der Waals surface area contributed by atoms with Crippen LogP contribution in [0.4, 0.5) is 21.4 Å². The zero-order valence-electron chi connectivity index (χ0n) is 21.4. The first-order valence-corrected chi connectivity index (χ1v) is 13.4. The van der Waals surface area contributed by atoms with E-state index >= 15 is 0 Å². The summed E-state index contributed by atoms with van der Waals surface area (Å²) in [6.45, 7) is 2.64. The van der Waals surface area contributed by atoms with E-state index in [2.05, 4.69) is 20.9 Å². The second kappa shape index (κ2) is 12.0. The summed E-state index contributed by atoms with van der Waals surface area (Å²) in [5, 5.41) is 11.5. The lowest BCUT2D eigenvalue weighted by Gasteiger charge is -2.17. The minimum atomic E-state index is -0.340. The van der Waals surface area contributed by atoms with Crippen LogP contribution in [0.1, 0.15) is 17.3 Å². The summed E-state index contributed by atoms with van der Waals surface area (Å²) in [7, 11) is 5.45.